The number of carbonyl (C=O) groups excluding carboxylic acids is 1. The molecule has 2 N–H and O–H groups in total. The van der Waals surface area contributed by atoms with Crippen LogP contribution in [0, 0.1) is 17.8 Å². The highest BCUT2D eigenvalue weighted by molar-refractivity contribution is 5.74. The van der Waals surface area contributed by atoms with Gasteiger partial charge in [0.15, 0.2) is 0 Å². The lowest BCUT2D eigenvalue weighted by molar-refractivity contribution is 0.167. The first kappa shape index (κ1) is 16.3. The Morgan fingerprint density at radius 1 is 1.37 bits per heavy atom. The molecule has 1 rings (SSSR count). The second-order valence-electron chi connectivity index (χ2n) is 6.18. The van der Waals surface area contributed by atoms with Gasteiger partial charge in [-0.25, -0.2) is 4.79 Å². The minimum absolute atomic E-state index is 0.0270. The number of hydrogen-bond acceptors (Lipinski definition) is 2. The summed E-state index contributed by atoms with van der Waals surface area (Å²) in [7, 11) is 1.68. The van der Waals surface area contributed by atoms with E-state index in [0.717, 1.165) is 12.8 Å². The summed E-state index contributed by atoms with van der Waals surface area (Å²) in [6.07, 6.45) is 4.48. The Morgan fingerprint density at radius 3 is 2.74 bits per heavy atom. The van der Waals surface area contributed by atoms with Crippen LogP contribution in [0.2, 0.25) is 0 Å². The van der Waals surface area contributed by atoms with E-state index in [0.29, 0.717) is 36.9 Å². The Labute approximate surface area is 117 Å². The zero-order chi connectivity index (χ0) is 14.3. The van der Waals surface area contributed by atoms with Crippen LogP contribution in [0.4, 0.5) is 4.79 Å². The summed E-state index contributed by atoms with van der Waals surface area (Å²) in [6, 6.07) is 0.298. The van der Waals surface area contributed by atoms with E-state index in [2.05, 4.69) is 31.4 Å². The van der Waals surface area contributed by atoms with Crippen LogP contribution in [0.15, 0.2) is 0 Å². The quantitative estimate of drug-likeness (QED) is 0.729. The molecule has 4 nitrogen and oxygen atoms in total. The van der Waals surface area contributed by atoms with Gasteiger partial charge >= 0.3 is 6.03 Å². The molecule has 0 aromatic rings. The first-order valence-electron chi connectivity index (χ1n) is 7.57. The molecule has 0 heterocycles. The van der Waals surface area contributed by atoms with Crippen molar-refractivity contribution in [3.05, 3.63) is 0 Å². The van der Waals surface area contributed by atoms with Crippen molar-refractivity contribution in [1.29, 1.82) is 0 Å². The van der Waals surface area contributed by atoms with Gasteiger partial charge < -0.3 is 15.4 Å². The summed E-state index contributed by atoms with van der Waals surface area (Å²) in [5.41, 5.74) is 0. The lowest BCUT2D eigenvalue weighted by Gasteiger charge is -2.37. The fourth-order valence-corrected chi connectivity index (χ4v) is 3.01. The first-order chi connectivity index (χ1) is 9.04. The van der Waals surface area contributed by atoms with E-state index >= 15 is 0 Å². The van der Waals surface area contributed by atoms with Crippen molar-refractivity contribution in [2.75, 3.05) is 20.3 Å². The number of nitrogens with one attached hydrogen (secondary N) is 2. The molecule has 4 heteroatoms. The highest BCUT2D eigenvalue weighted by Crippen LogP contribution is 2.33. The van der Waals surface area contributed by atoms with Crippen molar-refractivity contribution in [2.24, 2.45) is 17.8 Å². The van der Waals surface area contributed by atoms with Crippen molar-refractivity contribution < 1.29 is 9.53 Å². The summed E-state index contributed by atoms with van der Waals surface area (Å²) >= 11 is 0. The van der Waals surface area contributed by atoms with Gasteiger partial charge in [0.25, 0.3) is 0 Å². The number of hydrogen-bond donors (Lipinski definition) is 2. The van der Waals surface area contributed by atoms with Crippen LogP contribution in [-0.4, -0.2) is 32.3 Å². The van der Waals surface area contributed by atoms with E-state index in [9.17, 15) is 4.79 Å². The Hall–Kier alpha value is -0.770. The third-order valence-electron chi connectivity index (χ3n) is 4.15. The summed E-state index contributed by atoms with van der Waals surface area (Å²) in [5, 5.41) is 6.08. The van der Waals surface area contributed by atoms with Crippen LogP contribution in [-0.2, 0) is 4.74 Å². The molecule has 3 atom stereocenters. The second kappa shape index (κ2) is 8.41. The van der Waals surface area contributed by atoms with E-state index in [4.69, 9.17) is 4.74 Å². The molecule has 0 aromatic carbocycles. The van der Waals surface area contributed by atoms with Crippen LogP contribution in [0.3, 0.4) is 0 Å². The molecule has 112 valence electrons. The lowest BCUT2D eigenvalue weighted by Crippen LogP contribution is -2.49. The predicted octanol–water partition coefficient (Wildman–Crippen LogP) is 2.78. The molecule has 1 aliphatic rings. The average Bonchev–Trinajstić information content (AvgIpc) is 2.34. The summed E-state index contributed by atoms with van der Waals surface area (Å²) in [5.74, 6) is 1.96. The van der Waals surface area contributed by atoms with Gasteiger partial charge in [-0.3, -0.25) is 0 Å². The lowest BCUT2D eigenvalue weighted by atomic mass is 9.74. The van der Waals surface area contributed by atoms with Gasteiger partial charge in [-0.05, 0) is 37.0 Å². The highest BCUT2D eigenvalue weighted by Gasteiger charge is 2.31. The summed E-state index contributed by atoms with van der Waals surface area (Å²) in [6.45, 7) is 8.16. The minimum Gasteiger partial charge on any atom is -0.385 e. The Kier molecular flexibility index (Phi) is 7.21. The van der Waals surface area contributed by atoms with Gasteiger partial charge in [0, 0.05) is 26.3 Å². The molecule has 0 aromatic heterocycles. The zero-order valence-electron chi connectivity index (χ0n) is 12.9. The van der Waals surface area contributed by atoms with Crippen molar-refractivity contribution >= 4 is 6.03 Å². The molecule has 1 aliphatic carbocycles. The Balaban J connectivity index is 2.36. The molecule has 0 radical (unpaired) electrons. The fourth-order valence-electron chi connectivity index (χ4n) is 3.01. The first-order valence-corrected chi connectivity index (χ1v) is 7.57. The number of rotatable bonds is 6. The Morgan fingerprint density at radius 2 is 2.11 bits per heavy atom. The van der Waals surface area contributed by atoms with Crippen molar-refractivity contribution in [3.8, 4) is 0 Å². The molecule has 0 spiro atoms. The van der Waals surface area contributed by atoms with Gasteiger partial charge in [0.1, 0.15) is 0 Å². The Bertz CT molecular complexity index is 269. The van der Waals surface area contributed by atoms with Gasteiger partial charge in [-0.1, -0.05) is 27.2 Å². The molecular formula is C15H30N2O2. The van der Waals surface area contributed by atoms with Crippen LogP contribution in [0.5, 0.6) is 0 Å². The normalized spacial score (nSPS) is 27.3. The number of methoxy groups -OCH3 is 1. The summed E-state index contributed by atoms with van der Waals surface area (Å²) < 4.78 is 4.96. The van der Waals surface area contributed by atoms with E-state index < -0.39 is 0 Å². The summed E-state index contributed by atoms with van der Waals surface area (Å²) in [4.78, 5) is 11.9. The van der Waals surface area contributed by atoms with Crippen molar-refractivity contribution in [1.82, 2.24) is 10.6 Å². The average molecular weight is 270 g/mol. The van der Waals surface area contributed by atoms with Gasteiger partial charge in [-0.2, -0.15) is 0 Å². The smallest absolute Gasteiger partial charge is 0.315 e. The molecule has 19 heavy (non-hydrogen) atoms. The van der Waals surface area contributed by atoms with Crippen molar-refractivity contribution in [3.63, 3.8) is 0 Å². The van der Waals surface area contributed by atoms with Crippen molar-refractivity contribution in [2.45, 2.75) is 52.5 Å². The van der Waals surface area contributed by atoms with E-state index in [1.54, 1.807) is 7.11 Å². The van der Waals surface area contributed by atoms with E-state index in [1.165, 1.54) is 12.8 Å². The van der Waals surface area contributed by atoms with E-state index in [1.807, 2.05) is 0 Å². The monoisotopic (exact) mass is 270 g/mol. The highest BCUT2D eigenvalue weighted by atomic mass is 16.5. The maximum atomic E-state index is 11.9. The van der Waals surface area contributed by atoms with Crippen LogP contribution < -0.4 is 10.6 Å². The van der Waals surface area contributed by atoms with Crippen LogP contribution in [0.1, 0.15) is 46.5 Å². The second-order valence-corrected chi connectivity index (χ2v) is 6.18. The molecule has 0 aliphatic heterocycles. The molecule has 0 saturated heterocycles. The van der Waals surface area contributed by atoms with Gasteiger partial charge in [0.2, 0.25) is 0 Å². The topological polar surface area (TPSA) is 50.4 Å². The number of urea groups is 1. The maximum Gasteiger partial charge on any atom is 0.315 e. The molecule has 0 bridgehead atoms. The van der Waals surface area contributed by atoms with Gasteiger partial charge in [0.05, 0.1) is 0 Å². The third-order valence-corrected chi connectivity index (χ3v) is 4.15. The molecule has 1 fully saturated rings. The number of ether oxygens (including phenoxy) is 1. The maximum absolute atomic E-state index is 11.9. The predicted molar refractivity (Wildman–Crippen MR) is 78.2 cm³/mol. The van der Waals surface area contributed by atoms with Gasteiger partial charge in [-0.15, -0.1) is 0 Å². The SMILES string of the molecule is COCCCNC(=O)N[C@@H]1C[C@@H](C)CC[C@@H]1C(C)C. The zero-order valence-corrected chi connectivity index (χ0v) is 12.9. The van der Waals surface area contributed by atoms with E-state index in [-0.39, 0.29) is 6.03 Å². The van der Waals surface area contributed by atoms with Crippen LogP contribution >= 0.6 is 0 Å². The number of carbonyl (C=O) groups is 1. The molecular weight excluding hydrogens is 240 g/mol. The third kappa shape index (κ3) is 5.81. The minimum atomic E-state index is -0.0270. The van der Waals surface area contributed by atoms with Crippen LogP contribution in [0.25, 0.3) is 0 Å². The molecule has 0 unspecified atom stereocenters. The molecule has 1 saturated carbocycles. The standard InChI is InChI=1S/C15H30N2O2/c1-11(2)13-7-6-12(3)10-14(13)17-15(18)16-8-5-9-19-4/h11-14H,5-10H2,1-4H3,(H2,16,17,18)/t12-,13+,14+/m0/s1. The largest absolute Gasteiger partial charge is 0.385 e. The fraction of sp³-hybridized carbons (Fsp3) is 0.933. The number of amides is 2. The molecule has 2 amide bonds.